The molecule has 0 radical (unpaired) electrons. The smallest absolute Gasteiger partial charge is 0.407 e. The van der Waals surface area contributed by atoms with Crippen LogP contribution in [0.2, 0.25) is 0 Å². The van der Waals surface area contributed by atoms with Crippen molar-refractivity contribution >= 4 is 17.9 Å². The number of nitrogens with one attached hydrogen (secondary N) is 3. The molecule has 5 heterocycles. The monoisotopic (exact) mass is 651 g/mol. The van der Waals surface area contributed by atoms with Gasteiger partial charge < -0.3 is 34.6 Å². The van der Waals surface area contributed by atoms with E-state index in [1.165, 1.54) is 7.11 Å². The number of methoxy groups -OCH3 is 1. The van der Waals surface area contributed by atoms with Gasteiger partial charge in [-0.05, 0) is 61.8 Å². The summed E-state index contributed by atoms with van der Waals surface area (Å²) in [6.45, 7) is 5.97. The van der Waals surface area contributed by atoms with Crippen molar-refractivity contribution < 1.29 is 23.9 Å². The number of carbonyl (C=O) groups is 3. The minimum absolute atomic E-state index is 0.0361. The molecule has 48 heavy (non-hydrogen) atoms. The van der Waals surface area contributed by atoms with Gasteiger partial charge in [-0.1, -0.05) is 48.5 Å². The average molecular weight is 652 g/mol. The van der Waals surface area contributed by atoms with Crippen LogP contribution in [0.1, 0.15) is 63.3 Å². The van der Waals surface area contributed by atoms with Crippen molar-refractivity contribution in [1.82, 2.24) is 35.1 Å². The number of imidazole rings is 2. The van der Waals surface area contributed by atoms with Gasteiger partial charge >= 0.3 is 6.09 Å². The van der Waals surface area contributed by atoms with Gasteiger partial charge in [0, 0.05) is 13.1 Å². The SMILES string of the molecule is COC(=O)N[C@@H](C)C(=O)N1CCC[C@H]1c1ncc(-c2ccc(-c3ccc(-c4cnc([C@@H]5CCCN5C(=O)C5(C)COC5)[nH]4)cc3)cc2)[nH]1. The first-order valence-electron chi connectivity index (χ1n) is 16.6. The summed E-state index contributed by atoms with van der Waals surface area (Å²) in [5, 5.41) is 2.56. The van der Waals surface area contributed by atoms with Gasteiger partial charge in [-0.2, -0.15) is 0 Å². The Morgan fingerprint density at radius 3 is 1.79 bits per heavy atom. The van der Waals surface area contributed by atoms with E-state index in [1.807, 2.05) is 18.0 Å². The van der Waals surface area contributed by atoms with Crippen molar-refractivity contribution in [3.63, 3.8) is 0 Å². The van der Waals surface area contributed by atoms with Gasteiger partial charge in [0.2, 0.25) is 11.8 Å². The van der Waals surface area contributed by atoms with Crippen molar-refractivity contribution in [2.24, 2.45) is 5.41 Å². The van der Waals surface area contributed by atoms with Crippen LogP contribution in [-0.2, 0) is 19.1 Å². The number of H-pyrrole nitrogens is 2. The first-order valence-corrected chi connectivity index (χ1v) is 16.6. The number of amides is 3. The lowest BCUT2D eigenvalue weighted by atomic mass is 9.86. The van der Waals surface area contributed by atoms with Gasteiger partial charge in [-0.15, -0.1) is 0 Å². The summed E-state index contributed by atoms with van der Waals surface area (Å²) in [6.07, 6.45) is 6.56. The van der Waals surface area contributed by atoms with Crippen molar-refractivity contribution in [1.29, 1.82) is 0 Å². The number of carbonyl (C=O) groups excluding carboxylic acids is 3. The van der Waals surface area contributed by atoms with Crippen LogP contribution in [0.15, 0.2) is 60.9 Å². The number of ether oxygens (including phenoxy) is 2. The number of hydrogen-bond acceptors (Lipinski definition) is 7. The Bertz CT molecular complexity index is 1790. The molecule has 0 bridgehead atoms. The lowest BCUT2D eigenvalue weighted by Crippen LogP contribution is -2.53. The van der Waals surface area contributed by atoms with E-state index in [0.717, 1.165) is 77.5 Å². The molecule has 3 fully saturated rings. The Morgan fingerprint density at radius 1 is 0.833 bits per heavy atom. The van der Waals surface area contributed by atoms with E-state index in [1.54, 1.807) is 18.0 Å². The van der Waals surface area contributed by atoms with Crippen LogP contribution in [0.25, 0.3) is 33.6 Å². The van der Waals surface area contributed by atoms with E-state index >= 15 is 0 Å². The zero-order chi connectivity index (χ0) is 33.4. The summed E-state index contributed by atoms with van der Waals surface area (Å²) in [5.74, 6) is 1.56. The predicted molar refractivity (Wildman–Crippen MR) is 178 cm³/mol. The van der Waals surface area contributed by atoms with E-state index in [9.17, 15) is 14.4 Å². The Morgan fingerprint density at radius 2 is 1.31 bits per heavy atom. The summed E-state index contributed by atoms with van der Waals surface area (Å²) >= 11 is 0. The fraction of sp³-hybridized carbons (Fsp3) is 0.417. The zero-order valence-corrected chi connectivity index (χ0v) is 27.5. The number of alkyl carbamates (subject to hydrolysis) is 1. The Kier molecular flexibility index (Phi) is 8.50. The molecular formula is C36H41N7O5. The van der Waals surface area contributed by atoms with Crippen LogP contribution in [0, 0.1) is 5.41 Å². The Labute approximate surface area is 279 Å². The number of rotatable bonds is 8. The van der Waals surface area contributed by atoms with Crippen molar-refractivity contribution in [3.8, 4) is 33.6 Å². The van der Waals surface area contributed by atoms with Crippen molar-refractivity contribution in [2.75, 3.05) is 33.4 Å². The quantitative estimate of drug-likeness (QED) is 0.236. The molecule has 0 aliphatic carbocycles. The van der Waals surface area contributed by atoms with Crippen LogP contribution >= 0.6 is 0 Å². The maximum absolute atomic E-state index is 13.2. The van der Waals surface area contributed by atoms with Crippen LogP contribution in [0.3, 0.4) is 0 Å². The Hall–Kier alpha value is -4.97. The van der Waals surface area contributed by atoms with Gasteiger partial charge in [-0.25, -0.2) is 14.8 Å². The van der Waals surface area contributed by atoms with Gasteiger partial charge in [0.1, 0.15) is 17.7 Å². The second-order valence-electron chi connectivity index (χ2n) is 13.3. The second-order valence-corrected chi connectivity index (χ2v) is 13.3. The summed E-state index contributed by atoms with van der Waals surface area (Å²) in [6, 6.07) is 15.8. The van der Waals surface area contributed by atoms with Crippen LogP contribution in [0.5, 0.6) is 0 Å². The van der Waals surface area contributed by atoms with Gasteiger partial charge in [-0.3, -0.25) is 9.59 Å². The van der Waals surface area contributed by atoms with E-state index in [4.69, 9.17) is 4.74 Å². The van der Waals surface area contributed by atoms with Gasteiger partial charge in [0.05, 0.1) is 61.6 Å². The summed E-state index contributed by atoms with van der Waals surface area (Å²) in [7, 11) is 1.28. The maximum Gasteiger partial charge on any atom is 0.407 e. The van der Waals surface area contributed by atoms with Crippen LogP contribution in [0.4, 0.5) is 4.79 Å². The third-order valence-corrected chi connectivity index (χ3v) is 9.84. The van der Waals surface area contributed by atoms with Gasteiger partial charge in [0.25, 0.3) is 0 Å². The molecule has 250 valence electrons. The molecule has 3 aliphatic heterocycles. The molecule has 12 heteroatoms. The normalized spacial score (nSPS) is 20.7. The molecule has 12 nitrogen and oxygen atoms in total. The number of hydrogen-bond donors (Lipinski definition) is 3. The highest BCUT2D eigenvalue weighted by atomic mass is 16.5. The molecule has 7 rings (SSSR count). The van der Waals surface area contributed by atoms with Crippen LogP contribution < -0.4 is 5.32 Å². The molecule has 0 saturated carbocycles. The number of aromatic nitrogens is 4. The minimum atomic E-state index is -0.692. The largest absolute Gasteiger partial charge is 0.453 e. The number of benzene rings is 2. The molecule has 3 atom stereocenters. The highest BCUT2D eigenvalue weighted by Gasteiger charge is 2.47. The second kappa shape index (κ2) is 12.9. The molecule has 4 aromatic rings. The first-order chi connectivity index (χ1) is 23.2. The maximum atomic E-state index is 13.2. The number of likely N-dealkylation sites (tertiary alicyclic amines) is 2. The van der Waals surface area contributed by atoms with Crippen molar-refractivity contribution in [2.45, 2.75) is 57.7 Å². The highest BCUT2D eigenvalue weighted by Crippen LogP contribution is 2.38. The average Bonchev–Trinajstić information content (AvgIpc) is 3.93. The van der Waals surface area contributed by atoms with Crippen LogP contribution in [-0.4, -0.2) is 87.1 Å². The summed E-state index contributed by atoms with van der Waals surface area (Å²) in [5.41, 5.74) is 5.59. The van der Waals surface area contributed by atoms with E-state index in [0.29, 0.717) is 19.8 Å². The molecular weight excluding hydrogens is 610 g/mol. The predicted octanol–water partition coefficient (Wildman–Crippen LogP) is 5.24. The Balaban J connectivity index is 1.00. The lowest BCUT2D eigenvalue weighted by molar-refractivity contribution is -0.169. The molecule has 3 aliphatic rings. The summed E-state index contributed by atoms with van der Waals surface area (Å²) in [4.78, 5) is 57.8. The van der Waals surface area contributed by atoms with Gasteiger partial charge in [0.15, 0.2) is 0 Å². The third kappa shape index (κ3) is 5.96. The van der Waals surface area contributed by atoms with E-state index in [-0.39, 0.29) is 23.9 Å². The molecule has 3 saturated heterocycles. The summed E-state index contributed by atoms with van der Waals surface area (Å²) < 4.78 is 9.98. The first kappa shape index (κ1) is 31.6. The standard InChI is InChI=1S/C36H41N7O5/c1-22(39-35(46)47-3)33(44)42-16-4-6-29(42)31-37-18-27(40-31)25-12-8-23(9-13-25)24-10-14-26(15-11-24)28-19-38-32(41-28)30-7-5-17-43(30)34(45)36(2)20-48-21-36/h8-15,18-19,22,29-30H,4-7,16-17,20-21H2,1-3H3,(H,37,40)(H,38,41)(H,39,46)/t22-,29-,30-/m0/s1. The molecule has 0 spiro atoms. The highest BCUT2D eigenvalue weighted by molar-refractivity contribution is 5.86. The fourth-order valence-corrected chi connectivity index (χ4v) is 7.02. The van der Waals surface area contributed by atoms with Crippen molar-refractivity contribution in [3.05, 3.63) is 72.6 Å². The number of aromatic amines is 2. The molecule has 2 aromatic heterocycles. The zero-order valence-electron chi connectivity index (χ0n) is 27.5. The number of nitrogens with zero attached hydrogens (tertiary/aromatic N) is 4. The minimum Gasteiger partial charge on any atom is -0.453 e. The molecule has 0 unspecified atom stereocenters. The third-order valence-electron chi connectivity index (χ3n) is 9.84. The van der Waals surface area contributed by atoms with E-state index < -0.39 is 17.6 Å². The topological polar surface area (TPSA) is 146 Å². The van der Waals surface area contributed by atoms with E-state index in [2.05, 4.69) is 78.5 Å². The lowest BCUT2D eigenvalue weighted by Gasteiger charge is -2.40. The molecule has 3 N–H and O–H groups in total. The molecule has 2 aromatic carbocycles. The fourth-order valence-electron chi connectivity index (χ4n) is 7.02. The molecule has 3 amide bonds.